The van der Waals surface area contributed by atoms with E-state index in [0.717, 1.165) is 25.9 Å². The van der Waals surface area contributed by atoms with Crippen molar-refractivity contribution in [3.8, 4) is 0 Å². The van der Waals surface area contributed by atoms with Crippen molar-refractivity contribution in [3.63, 3.8) is 0 Å². The van der Waals surface area contributed by atoms with Gasteiger partial charge in [0.15, 0.2) is 0 Å². The van der Waals surface area contributed by atoms with E-state index in [2.05, 4.69) is 10.5 Å². The molecule has 130 valence electrons. The van der Waals surface area contributed by atoms with E-state index in [-0.39, 0.29) is 11.5 Å². The third-order valence-electron chi connectivity index (χ3n) is 4.22. The van der Waals surface area contributed by atoms with E-state index < -0.39 is 4.92 Å². The fourth-order valence-electron chi connectivity index (χ4n) is 2.85. The van der Waals surface area contributed by atoms with E-state index in [9.17, 15) is 14.5 Å². The predicted octanol–water partition coefficient (Wildman–Crippen LogP) is 4.17. The Morgan fingerprint density at radius 1 is 1.24 bits per heavy atom. The van der Waals surface area contributed by atoms with Crippen molar-refractivity contribution >= 4 is 22.8 Å². The molecular weight excluding hydrogens is 323 g/mol. The Morgan fingerprint density at radius 2 is 2.00 bits per heavy atom. The van der Waals surface area contributed by atoms with Crippen molar-refractivity contribution < 1.29 is 9.31 Å². The van der Waals surface area contributed by atoms with Crippen molar-refractivity contribution in [1.29, 1.82) is 0 Å². The minimum Gasteiger partial charge on any atom is -0.369 e. The highest BCUT2D eigenvalue weighted by Gasteiger charge is 2.16. The zero-order chi connectivity index (χ0) is 17.8. The van der Waals surface area contributed by atoms with Crippen LogP contribution in [0.4, 0.5) is 21.5 Å². The second kappa shape index (κ2) is 7.29. The van der Waals surface area contributed by atoms with Gasteiger partial charge >= 0.3 is 0 Å². The number of non-ortho nitro benzene ring substituents is 1. The molecule has 0 aromatic heterocycles. The number of anilines is 2. The van der Waals surface area contributed by atoms with E-state index in [1.165, 1.54) is 18.2 Å². The lowest BCUT2D eigenvalue weighted by Gasteiger charge is -2.18. The summed E-state index contributed by atoms with van der Waals surface area (Å²) in [5, 5.41) is 15.0. The maximum Gasteiger partial charge on any atom is 0.271 e. The fraction of sp³-hybridized carbons (Fsp3) is 0.278. The number of benzene rings is 2. The number of halogens is 1. The predicted molar refractivity (Wildman–Crippen MR) is 96.8 cm³/mol. The zero-order valence-electron chi connectivity index (χ0n) is 13.9. The molecule has 0 atom stereocenters. The Hall–Kier alpha value is -2.96. The van der Waals surface area contributed by atoms with Crippen LogP contribution >= 0.6 is 0 Å². The second-order valence-corrected chi connectivity index (χ2v) is 5.98. The van der Waals surface area contributed by atoms with Gasteiger partial charge in [0.25, 0.3) is 5.69 Å². The SMILES string of the molecule is C/C(=N/Nc1cccc([N+](=O)[O-])c1)c1ccc(N2CCCC2)c(F)c1. The number of hydrogen-bond donors (Lipinski definition) is 1. The van der Waals surface area contributed by atoms with Gasteiger partial charge < -0.3 is 4.90 Å². The maximum atomic E-state index is 14.4. The second-order valence-electron chi connectivity index (χ2n) is 5.98. The van der Waals surface area contributed by atoms with Crippen molar-refractivity contribution in [3.05, 3.63) is 64.0 Å². The molecular formula is C18H19FN4O2. The summed E-state index contributed by atoms with van der Waals surface area (Å²) in [5.41, 5.74) is 5.15. The minimum absolute atomic E-state index is 0.0149. The maximum absolute atomic E-state index is 14.4. The van der Waals surface area contributed by atoms with Crippen LogP contribution in [0.3, 0.4) is 0 Å². The zero-order valence-corrected chi connectivity index (χ0v) is 13.9. The molecule has 0 bridgehead atoms. The van der Waals surface area contributed by atoms with Crippen LogP contribution in [0.2, 0.25) is 0 Å². The molecule has 1 saturated heterocycles. The molecule has 0 spiro atoms. The molecule has 1 heterocycles. The van der Waals surface area contributed by atoms with E-state index in [1.807, 2.05) is 11.0 Å². The van der Waals surface area contributed by atoms with Crippen LogP contribution in [0, 0.1) is 15.9 Å². The first-order chi connectivity index (χ1) is 12.0. The average molecular weight is 342 g/mol. The first-order valence-corrected chi connectivity index (χ1v) is 8.14. The molecule has 0 aliphatic carbocycles. The van der Waals surface area contributed by atoms with E-state index >= 15 is 0 Å². The quantitative estimate of drug-likeness (QED) is 0.503. The lowest BCUT2D eigenvalue weighted by Crippen LogP contribution is -2.19. The molecule has 1 fully saturated rings. The van der Waals surface area contributed by atoms with Crippen LogP contribution in [0.1, 0.15) is 25.3 Å². The summed E-state index contributed by atoms with van der Waals surface area (Å²) in [4.78, 5) is 12.4. The lowest BCUT2D eigenvalue weighted by atomic mass is 10.1. The van der Waals surface area contributed by atoms with Gasteiger partial charge in [0.2, 0.25) is 0 Å². The minimum atomic E-state index is -0.464. The highest BCUT2D eigenvalue weighted by molar-refractivity contribution is 5.99. The van der Waals surface area contributed by atoms with Crippen molar-refractivity contribution in [2.24, 2.45) is 5.10 Å². The van der Waals surface area contributed by atoms with Gasteiger partial charge in [-0.05, 0) is 38.0 Å². The summed E-state index contributed by atoms with van der Waals surface area (Å²) < 4.78 is 14.4. The van der Waals surface area contributed by atoms with Crippen LogP contribution in [0.25, 0.3) is 0 Å². The number of nitrogens with zero attached hydrogens (tertiary/aromatic N) is 3. The first kappa shape index (κ1) is 16.9. The van der Waals surface area contributed by atoms with Crippen molar-refractivity contribution in [1.82, 2.24) is 0 Å². The van der Waals surface area contributed by atoms with Gasteiger partial charge in [-0.25, -0.2) is 4.39 Å². The summed E-state index contributed by atoms with van der Waals surface area (Å²) in [7, 11) is 0. The molecule has 1 N–H and O–H groups in total. The highest BCUT2D eigenvalue weighted by Crippen LogP contribution is 2.25. The number of nitro benzene ring substituents is 1. The summed E-state index contributed by atoms with van der Waals surface area (Å²) in [6.07, 6.45) is 2.18. The number of nitro groups is 1. The molecule has 1 aliphatic heterocycles. The van der Waals surface area contributed by atoms with Crippen LogP contribution in [-0.4, -0.2) is 23.7 Å². The Kier molecular flexibility index (Phi) is 4.92. The fourth-order valence-corrected chi connectivity index (χ4v) is 2.85. The summed E-state index contributed by atoms with van der Waals surface area (Å²) in [6, 6.07) is 11.2. The number of nitrogens with one attached hydrogen (secondary N) is 1. The number of rotatable bonds is 5. The smallest absolute Gasteiger partial charge is 0.271 e. The molecule has 0 amide bonds. The standard InChI is InChI=1S/C18H19FN4O2/c1-13(20-21-15-5-4-6-16(12-15)23(24)25)14-7-8-18(17(19)11-14)22-9-2-3-10-22/h4-8,11-12,21H,2-3,9-10H2,1H3/b20-13-. The molecule has 7 heteroatoms. The molecule has 0 saturated carbocycles. The number of hydrogen-bond acceptors (Lipinski definition) is 5. The molecule has 6 nitrogen and oxygen atoms in total. The highest BCUT2D eigenvalue weighted by atomic mass is 19.1. The number of hydrazone groups is 1. The third kappa shape index (κ3) is 3.93. The summed E-state index contributed by atoms with van der Waals surface area (Å²) in [5.74, 6) is -0.260. The van der Waals surface area contributed by atoms with Crippen molar-refractivity contribution in [2.45, 2.75) is 19.8 Å². The van der Waals surface area contributed by atoms with E-state index in [1.54, 1.807) is 25.1 Å². The van der Waals surface area contributed by atoms with Gasteiger partial charge in [0.05, 0.1) is 22.0 Å². The van der Waals surface area contributed by atoms with Crippen molar-refractivity contribution in [2.75, 3.05) is 23.4 Å². The van der Waals surface area contributed by atoms with Gasteiger partial charge in [-0.3, -0.25) is 15.5 Å². The molecule has 1 aliphatic rings. The monoisotopic (exact) mass is 342 g/mol. The normalized spacial score (nSPS) is 14.6. The summed E-state index contributed by atoms with van der Waals surface area (Å²) in [6.45, 7) is 3.53. The first-order valence-electron chi connectivity index (χ1n) is 8.14. The van der Waals surface area contributed by atoms with Crippen LogP contribution < -0.4 is 10.3 Å². The third-order valence-corrected chi connectivity index (χ3v) is 4.22. The molecule has 2 aromatic rings. The Bertz CT molecular complexity index is 816. The van der Waals surface area contributed by atoms with Crippen LogP contribution in [0.5, 0.6) is 0 Å². The Morgan fingerprint density at radius 3 is 2.68 bits per heavy atom. The van der Waals surface area contributed by atoms with Crippen LogP contribution in [0.15, 0.2) is 47.6 Å². The average Bonchev–Trinajstić information content (AvgIpc) is 3.14. The van der Waals surface area contributed by atoms with Gasteiger partial charge in [0.1, 0.15) is 5.82 Å². The summed E-state index contributed by atoms with van der Waals surface area (Å²) >= 11 is 0. The van der Waals surface area contributed by atoms with Crippen LogP contribution in [-0.2, 0) is 0 Å². The molecule has 25 heavy (non-hydrogen) atoms. The van der Waals surface area contributed by atoms with Gasteiger partial charge in [-0.1, -0.05) is 12.1 Å². The van der Waals surface area contributed by atoms with E-state index in [0.29, 0.717) is 22.6 Å². The Balaban J connectivity index is 1.75. The lowest BCUT2D eigenvalue weighted by molar-refractivity contribution is -0.384. The molecule has 2 aromatic carbocycles. The van der Waals surface area contributed by atoms with Gasteiger partial charge in [0, 0.05) is 30.8 Å². The Labute approximate surface area is 145 Å². The molecule has 0 radical (unpaired) electrons. The molecule has 0 unspecified atom stereocenters. The van der Waals surface area contributed by atoms with Gasteiger partial charge in [-0.2, -0.15) is 5.10 Å². The topological polar surface area (TPSA) is 70.8 Å². The molecule has 3 rings (SSSR count). The van der Waals surface area contributed by atoms with E-state index in [4.69, 9.17) is 0 Å². The van der Waals surface area contributed by atoms with Gasteiger partial charge in [-0.15, -0.1) is 0 Å². The largest absolute Gasteiger partial charge is 0.369 e.